The number of hydrogen-bond donors (Lipinski definition) is 1. The second-order valence-electron chi connectivity index (χ2n) is 2.84. The molecular formula is C9H17NO3. The molecule has 13 heavy (non-hydrogen) atoms. The maximum atomic E-state index is 10.6. The Morgan fingerprint density at radius 2 is 1.92 bits per heavy atom. The molecule has 1 aliphatic rings. The third-order valence-electron chi connectivity index (χ3n) is 1.71. The van der Waals surface area contributed by atoms with E-state index in [-0.39, 0.29) is 18.2 Å². The zero-order chi connectivity index (χ0) is 10.3. The van der Waals surface area contributed by atoms with E-state index in [2.05, 4.69) is 23.9 Å². The van der Waals surface area contributed by atoms with Gasteiger partial charge in [0.05, 0.1) is 6.42 Å². The minimum atomic E-state index is -0.558. The number of methoxy groups -OCH3 is 1. The van der Waals surface area contributed by atoms with Crippen LogP contribution in [0.25, 0.3) is 0 Å². The van der Waals surface area contributed by atoms with Crippen LogP contribution in [-0.2, 0) is 14.3 Å². The minimum absolute atomic E-state index is 0.162. The maximum Gasteiger partial charge on any atom is 0.256 e. The van der Waals surface area contributed by atoms with E-state index in [0.29, 0.717) is 0 Å². The molecule has 1 aliphatic heterocycles. The molecule has 1 fully saturated rings. The molecule has 0 aromatic rings. The molecule has 0 spiro atoms. The van der Waals surface area contributed by atoms with Crippen molar-refractivity contribution in [2.24, 2.45) is 0 Å². The first-order chi connectivity index (χ1) is 6.15. The highest BCUT2D eigenvalue weighted by Gasteiger charge is 2.29. The van der Waals surface area contributed by atoms with Crippen molar-refractivity contribution in [3.63, 3.8) is 0 Å². The quantitative estimate of drug-likeness (QED) is 0.652. The third-order valence-corrected chi connectivity index (χ3v) is 1.71. The normalized spacial score (nSPS) is 20.7. The highest BCUT2D eigenvalue weighted by Crippen LogP contribution is 2.03. The van der Waals surface area contributed by atoms with Crippen molar-refractivity contribution in [3.8, 4) is 0 Å². The Kier molecular flexibility index (Phi) is 6.14. The molecule has 1 rings (SSSR count). The summed E-state index contributed by atoms with van der Waals surface area (Å²) in [5, 5.41) is 2.11. The summed E-state index contributed by atoms with van der Waals surface area (Å²) in [6, 6.07) is 0. The summed E-state index contributed by atoms with van der Waals surface area (Å²) in [7, 11) is 1.41. The van der Waals surface area contributed by atoms with Crippen LogP contribution in [0.1, 0.15) is 33.1 Å². The zero-order valence-electron chi connectivity index (χ0n) is 8.42. The molecule has 2 amide bonds. The largest absolute Gasteiger partial charge is 0.371 e. The number of ether oxygens (including phenoxy) is 1. The predicted molar refractivity (Wildman–Crippen MR) is 49.1 cm³/mol. The molecular weight excluding hydrogens is 170 g/mol. The topological polar surface area (TPSA) is 55.4 Å². The molecule has 0 aliphatic carbocycles. The molecule has 1 heterocycles. The molecule has 76 valence electrons. The SMILES string of the molecule is CCCC.COC1CC(=O)NC1=O. The van der Waals surface area contributed by atoms with Crippen molar-refractivity contribution in [1.82, 2.24) is 5.32 Å². The maximum absolute atomic E-state index is 10.6. The second-order valence-corrected chi connectivity index (χ2v) is 2.84. The number of carbonyl (C=O) groups is 2. The van der Waals surface area contributed by atoms with Gasteiger partial charge in [-0.05, 0) is 0 Å². The number of hydrogen-bond acceptors (Lipinski definition) is 3. The van der Waals surface area contributed by atoms with Crippen molar-refractivity contribution in [3.05, 3.63) is 0 Å². The van der Waals surface area contributed by atoms with Crippen LogP contribution in [0.5, 0.6) is 0 Å². The Morgan fingerprint density at radius 3 is 2.08 bits per heavy atom. The molecule has 1 atom stereocenters. The molecule has 0 aromatic heterocycles. The fraction of sp³-hybridized carbons (Fsp3) is 0.778. The van der Waals surface area contributed by atoms with Gasteiger partial charge in [-0.3, -0.25) is 14.9 Å². The number of carbonyl (C=O) groups excluding carboxylic acids is 2. The number of imide groups is 1. The average Bonchev–Trinajstić information content (AvgIpc) is 2.45. The number of nitrogens with one attached hydrogen (secondary N) is 1. The Morgan fingerprint density at radius 1 is 1.38 bits per heavy atom. The van der Waals surface area contributed by atoms with Crippen LogP contribution < -0.4 is 5.32 Å². The van der Waals surface area contributed by atoms with Crippen molar-refractivity contribution >= 4 is 11.8 Å². The van der Waals surface area contributed by atoms with E-state index in [0.717, 1.165) is 0 Å². The van der Waals surface area contributed by atoms with Gasteiger partial charge in [0.2, 0.25) is 5.91 Å². The lowest BCUT2D eigenvalue weighted by Crippen LogP contribution is -2.25. The van der Waals surface area contributed by atoms with Gasteiger partial charge in [0.1, 0.15) is 6.10 Å². The van der Waals surface area contributed by atoms with E-state index >= 15 is 0 Å². The highest BCUT2D eigenvalue weighted by molar-refractivity contribution is 6.04. The smallest absolute Gasteiger partial charge is 0.256 e. The lowest BCUT2D eigenvalue weighted by atomic mass is 10.3. The molecule has 0 radical (unpaired) electrons. The molecule has 1 N–H and O–H groups in total. The van der Waals surface area contributed by atoms with Gasteiger partial charge in [-0.25, -0.2) is 0 Å². The van der Waals surface area contributed by atoms with Gasteiger partial charge < -0.3 is 4.74 Å². The Bertz CT molecular complexity index is 178. The summed E-state index contributed by atoms with van der Waals surface area (Å²) in [5.41, 5.74) is 0. The van der Waals surface area contributed by atoms with Gasteiger partial charge in [0.25, 0.3) is 5.91 Å². The molecule has 4 heteroatoms. The summed E-state index contributed by atoms with van der Waals surface area (Å²) in [6.45, 7) is 4.36. The van der Waals surface area contributed by atoms with Crippen LogP contribution in [0.2, 0.25) is 0 Å². The van der Waals surface area contributed by atoms with Crippen LogP contribution in [0.4, 0.5) is 0 Å². The Labute approximate surface area is 78.6 Å². The Hall–Kier alpha value is -0.900. The fourth-order valence-electron chi connectivity index (χ4n) is 0.720. The molecule has 0 saturated carbocycles. The van der Waals surface area contributed by atoms with Crippen molar-refractivity contribution in [1.29, 1.82) is 0 Å². The van der Waals surface area contributed by atoms with E-state index < -0.39 is 6.10 Å². The summed E-state index contributed by atoms with van der Waals surface area (Å²) in [5.74, 6) is -0.589. The van der Waals surface area contributed by atoms with Crippen molar-refractivity contribution < 1.29 is 14.3 Å². The average molecular weight is 187 g/mol. The van der Waals surface area contributed by atoms with Gasteiger partial charge in [0, 0.05) is 7.11 Å². The summed E-state index contributed by atoms with van der Waals surface area (Å²) >= 11 is 0. The lowest BCUT2D eigenvalue weighted by molar-refractivity contribution is -0.128. The van der Waals surface area contributed by atoms with Crippen molar-refractivity contribution in [2.75, 3.05) is 7.11 Å². The molecule has 1 saturated heterocycles. The molecule has 1 unspecified atom stereocenters. The van der Waals surface area contributed by atoms with Crippen LogP contribution in [0.15, 0.2) is 0 Å². The molecule has 4 nitrogen and oxygen atoms in total. The van der Waals surface area contributed by atoms with Crippen LogP contribution in [-0.4, -0.2) is 25.0 Å². The second kappa shape index (κ2) is 6.60. The van der Waals surface area contributed by atoms with Gasteiger partial charge in [-0.2, -0.15) is 0 Å². The first kappa shape index (κ1) is 12.1. The lowest BCUT2D eigenvalue weighted by Gasteiger charge is -1.98. The van der Waals surface area contributed by atoms with E-state index in [1.54, 1.807) is 0 Å². The fourth-order valence-corrected chi connectivity index (χ4v) is 0.720. The monoisotopic (exact) mass is 187 g/mol. The van der Waals surface area contributed by atoms with E-state index in [1.165, 1.54) is 20.0 Å². The van der Waals surface area contributed by atoms with Gasteiger partial charge in [-0.15, -0.1) is 0 Å². The Balaban J connectivity index is 0.000000310. The molecule has 0 bridgehead atoms. The number of rotatable bonds is 2. The van der Waals surface area contributed by atoms with Crippen LogP contribution in [0, 0.1) is 0 Å². The number of unbranched alkanes of at least 4 members (excludes halogenated alkanes) is 1. The van der Waals surface area contributed by atoms with E-state index in [1.807, 2.05) is 0 Å². The first-order valence-corrected chi connectivity index (χ1v) is 4.52. The zero-order valence-corrected chi connectivity index (χ0v) is 8.42. The minimum Gasteiger partial charge on any atom is -0.371 e. The van der Waals surface area contributed by atoms with E-state index in [4.69, 9.17) is 0 Å². The van der Waals surface area contributed by atoms with E-state index in [9.17, 15) is 9.59 Å². The summed E-state index contributed by atoms with van der Waals surface area (Å²) in [6.07, 6.45) is 2.24. The molecule has 0 aromatic carbocycles. The standard InChI is InChI=1S/C5H7NO3.C4H10/c1-9-3-2-4(7)6-5(3)8;1-3-4-2/h3H,2H2,1H3,(H,6,7,8);3-4H2,1-2H3. The summed E-state index contributed by atoms with van der Waals surface area (Å²) in [4.78, 5) is 21.0. The van der Waals surface area contributed by atoms with Gasteiger partial charge in [0.15, 0.2) is 0 Å². The first-order valence-electron chi connectivity index (χ1n) is 4.52. The predicted octanol–water partition coefficient (Wildman–Crippen LogP) is 0.854. The summed E-state index contributed by atoms with van der Waals surface area (Å²) < 4.78 is 4.66. The highest BCUT2D eigenvalue weighted by atomic mass is 16.5. The van der Waals surface area contributed by atoms with Crippen molar-refractivity contribution in [2.45, 2.75) is 39.2 Å². The van der Waals surface area contributed by atoms with Gasteiger partial charge >= 0.3 is 0 Å². The third kappa shape index (κ3) is 4.62. The number of amides is 2. The van der Waals surface area contributed by atoms with Gasteiger partial charge in [-0.1, -0.05) is 26.7 Å². The van der Waals surface area contributed by atoms with Crippen LogP contribution >= 0.6 is 0 Å². The van der Waals surface area contributed by atoms with Crippen LogP contribution in [0.3, 0.4) is 0 Å².